The minimum Gasteiger partial charge on any atom is -0.369 e. The number of carbonyl (C=O) groups excluding carboxylic acids is 1. The van der Waals surface area contributed by atoms with Gasteiger partial charge < -0.3 is 9.80 Å². The maximum atomic E-state index is 12.1. The first-order chi connectivity index (χ1) is 15.1. The van der Waals surface area contributed by atoms with Gasteiger partial charge in [0.25, 0.3) is 0 Å². The Morgan fingerprint density at radius 3 is 2.61 bits per heavy atom. The van der Waals surface area contributed by atoms with Gasteiger partial charge in [-0.15, -0.1) is 0 Å². The van der Waals surface area contributed by atoms with Crippen molar-refractivity contribution >= 4 is 11.6 Å². The number of nitrogens with zero attached hydrogens (tertiary/aromatic N) is 3. The van der Waals surface area contributed by atoms with Gasteiger partial charge in [0, 0.05) is 50.5 Å². The maximum absolute atomic E-state index is 12.1. The monoisotopic (exact) mass is 421 g/mol. The number of benzene rings is 1. The van der Waals surface area contributed by atoms with Crippen LogP contribution in [0.3, 0.4) is 0 Å². The number of anilines is 1. The fraction of sp³-hybridized carbons (Fsp3) is 0.593. The lowest BCUT2D eigenvalue weighted by molar-refractivity contribution is -0.130. The molecule has 0 N–H and O–H groups in total. The number of hydrogen-bond donors (Lipinski definition) is 0. The van der Waals surface area contributed by atoms with Crippen molar-refractivity contribution in [2.24, 2.45) is 0 Å². The maximum Gasteiger partial charge on any atom is 0.226 e. The summed E-state index contributed by atoms with van der Waals surface area (Å²) in [5, 5.41) is 0. The van der Waals surface area contributed by atoms with E-state index in [1.54, 1.807) is 5.57 Å². The number of carbonyl (C=O) groups is 1. The number of hydrogen-bond acceptors (Lipinski definition) is 3. The summed E-state index contributed by atoms with van der Waals surface area (Å²) in [5.74, 6) is 0.336. The molecule has 3 aliphatic heterocycles. The fourth-order valence-electron chi connectivity index (χ4n) is 5.37. The van der Waals surface area contributed by atoms with Crippen molar-refractivity contribution in [1.82, 2.24) is 9.80 Å². The van der Waals surface area contributed by atoms with E-state index in [9.17, 15) is 4.79 Å². The lowest BCUT2D eigenvalue weighted by atomic mass is 10.00. The van der Waals surface area contributed by atoms with Crippen LogP contribution in [0.5, 0.6) is 0 Å². The SMILES string of the molecule is CC/C(=C\C1=C2CCCC(=O)N2CC1)CCCN1CCN(c2cccc(C)c2C)CC1. The standard InChI is InChI=1S/C27H39N3O/c1-4-23(20-24-13-15-30-26(24)11-6-12-27(30)31)9-7-14-28-16-18-29(19-17-28)25-10-5-8-21(2)22(25)3/h5,8,10,20H,4,6-7,9,11-19H2,1-3H3/b23-20+. The third-order valence-electron chi connectivity index (χ3n) is 7.50. The van der Waals surface area contributed by atoms with Crippen LogP contribution in [0.25, 0.3) is 0 Å². The molecule has 0 unspecified atom stereocenters. The van der Waals surface area contributed by atoms with Crippen LogP contribution in [0.2, 0.25) is 0 Å². The minimum atomic E-state index is 0.336. The summed E-state index contributed by atoms with van der Waals surface area (Å²) in [4.78, 5) is 19.4. The Hall–Kier alpha value is -2.07. The molecule has 0 atom stereocenters. The molecule has 2 fully saturated rings. The van der Waals surface area contributed by atoms with E-state index in [2.05, 4.69) is 59.7 Å². The third-order valence-corrected chi connectivity index (χ3v) is 7.50. The number of piperazine rings is 1. The molecule has 3 aliphatic rings. The highest BCUT2D eigenvalue weighted by molar-refractivity contribution is 5.80. The van der Waals surface area contributed by atoms with Crippen LogP contribution in [-0.4, -0.2) is 55.0 Å². The molecule has 31 heavy (non-hydrogen) atoms. The molecule has 0 radical (unpaired) electrons. The average Bonchev–Trinajstić information content (AvgIpc) is 3.19. The Morgan fingerprint density at radius 2 is 1.84 bits per heavy atom. The number of allylic oxidation sites excluding steroid dienone is 3. The van der Waals surface area contributed by atoms with Crippen molar-refractivity contribution in [2.75, 3.05) is 44.2 Å². The third kappa shape index (κ3) is 5.06. The van der Waals surface area contributed by atoms with Gasteiger partial charge in [0.1, 0.15) is 0 Å². The highest BCUT2D eigenvalue weighted by atomic mass is 16.2. The zero-order valence-electron chi connectivity index (χ0n) is 19.8. The van der Waals surface area contributed by atoms with E-state index >= 15 is 0 Å². The average molecular weight is 422 g/mol. The van der Waals surface area contributed by atoms with Crippen molar-refractivity contribution in [1.29, 1.82) is 0 Å². The minimum absolute atomic E-state index is 0.336. The van der Waals surface area contributed by atoms with E-state index < -0.39 is 0 Å². The highest BCUT2D eigenvalue weighted by Gasteiger charge is 2.29. The quantitative estimate of drug-likeness (QED) is 0.604. The Morgan fingerprint density at radius 1 is 1.03 bits per heavy atom. The normalized spacial score (nSPS) is 20.6. The lowest BCUT2D eigenvalue weighted by Crippen LogP contribution is -2.46. The molecule has 168 valence electrons. The number of aryl methyl sites for hydroxylation is 1. The molecule has 0 bridgehead atoms. The molecular weight excluding hydrogens is 382 g/mol. The first kappa shape index (κ1) is 22.1. The molecule has 0 spiro atoms. The first-order valence-corrected chi connectivity index (χ1v) is 12.3. The largest absolute Gasteiger partial charge is 0.369 e. The topological polar surface area (TPSA) is 26.8 Å². The van der Waals surface area contributed by atoms with Gasteiger partial charge in [-0.25, -0.2) is 0 Å². The fourth-order valence-corrected chi connectivity index (χ4v) is 5.37. The van der Waals surface area contributed by atoms with Crippen molar-refractivity contribution in [3.8, 4) is 0 Å². The predicted molar refractivity (Wildman–Crippen MR) is 129 cm³/mol. The molecule has 3 heterocycles. The summed E-state index contributed by atoms with van der Waals surface area (Å²) in [6.45, 7) is 13.4. The van der Waals surface area contributed by atoms with Gasteiger partial charge in [0.05, 0.1) is 0 Å². The second kappa shape index (κ2) is 10.0. The summed E-state index contributed by atoms with van der Waals surface area (Å²) in [7, 11) is 0. The smallest absolute Gasteiger partial charge is 0.226 e. The highest BCUT2D eigenvalue weighted by Crippen LogP contribution is 2.33. The van der Waals surface area contributed by atoms with Crippen molar-refractivity contribution in [2.45, 2.75) is 65.7 Å². The van der Waals surface area contributed by atoms with Gasteiger partial charge in [-0.2, -0.15) is 0 Å². The molecule has 2 saturated heterocycles. The molecule has 4 heteroatoms. The molecule has 4 nitrogen and oxygen atoms in total. The Balaban J connectivity index is 1.26. The van der Waals surface area contributed by atoms with E-state index in [0.717, 1.165) is 64.8 Å². The van der Waals surface area contributed by atoms with Gasteiger partial charge in [0.2, 0.25) is 5.91 Å². The molecule has 4 rings (SSSR count). The van der Waals surface area contributed by atoms with Gasteiger partial charge in [-0.3, -0.25) is 9.69 Å². The summed E-state index contributed by atoms with van der Waals surface area (Å²) < 4.78 is 0. The summed E-state index contributed by atoms with van der Waals surface area (Å²) in [6.07, 6.45) is 9.85. The van der Waals surface area contributed by atoms with Crippen LogP contribution in [0.1, 0.15) is 63.0 Å². The van der Waals surface area contributed by atoms with E-state index in [-0.39, 0.29) is 0 Å². The van der Waals surface area contributed by atoms with Crippen LogP contribution >= 0.6 is 0 Å². The summed E-state index contributed by atoms with van der Waals surface area (Å²) >= 11 is 0. The molecule has 0 saturated carbocycles. The predicted octanol–water partition coefficient (Wildman–Crippen LogP) is 5.21. The van der Waals surface area contributed by atoms with Crippen molar-refractivity contribution in [3.63, 3.8) is 0 Å². The van der Waals surface area contributed by atoms with Crippen LogP contribution < -0.4 is 4.90 Å². The number of fused-ring (bicyclic) bond motifs is 1. The molecule has 1 aromatic rings. The van der Waals surface area contributed by atoms with E-state index in [0.29, 0.717) is 5.91 Å². The Bertz CT molecular complexity index is 861. The van der Waals surface area contributed by atoms with Crippen LogP contribution in [0.15, 0.2) is 41.1 Å². The van der Waals surface area contributed by atoms with Crippen LogP contribution in [-0.2, 0) is 4.79 Å². The van der Waals surface area contributed by atoms with E-state index in [1.165, 1.54) is 47.5 Å². The number of amides is 1. The summed E-state index contributed by atoms with van der Waals surface area (Å²) in [6, 6.07) is 6.67. The summed E-state index contributed by atoms with van der Waals surface area (Å²) in [5.41, 5.74) is 8.54. The zero-order chi connectivity index (χ0) is 21.8. The second-order valence-corrected chi connectivity index (χ2v) is 9.43. The molecule has 1 aromatic carbocycles. The second-order valence-electron chi connectivity index (χ2n) is 9.43. The van der Waals surface area contributed by atoms with Crippen LogP contribution in [0.4, 0.5) is 5.69 Å². The van der Waals surface area contributed by atoms with E-state index in [1.807, 2.05) is 0 Å². The first-order valence-electron chi connectivity index (χ1n) is 12.3. The zero-order valence-corrected chi connectivity index (χ0v) is 19.8. The molecule has 1 amide bonds. The van der Waals surface area contributed by atoms with Gasteiger partial charge >= 0.3 is 0 Å². The van der Waals surface area contributed by atoms with Gasteiger partial charge in [-0.1, -0.05) is 30.7 Å². The van der Waals surface area contributed by atoms with Crippen molar-refractivity contribution < 1.29 is 4.79 Å². The number of rotatable bonds is 7. The van der Waals surface area contributed by atoms with E-state index in [4.69, 9.17) is 0 Å². The van der Waals surface area contributed by atoms with Gasteiger partial charge in [0.15, 0.2) is 0 Å². The lowest BCUT2D eigenvalue weighted by Gasteiger charge is -2.37. The Labute approximate surface area is 188 Å². The number of piperidine rings is 1. The van der Waals surface area contributed by atoms with Crippen molar-refractivity contribution in [3.05, 3.63) is 52.2 Å². The molecule has 0 aromatic heterocycles. The molecule has 0 aliphatic carbocycles. The Kier molecular flexibility index (Phi) is 7.16. The molecular formula is C27H39N3O. The van der Waals surface area contributed by atoms with Gasteiger partial charge in [-0.05, 0) is 81.7 Å². The van der Waals surface area contributed by atoms with Crippen LogP contribution in [0, 0.1) is 13.8 Å².